The van der Waals surface area contributed by atoms with Crippen LogP contribution in [0.2, 0.25) is 0 Å². The summed E-state index contributed by atoms with van der Waals surface area (Å²) in [6.45, 7) is 0.954. The molecule has 0 radical (unpaired) electrons. The first-order valence-electron chi connectivity index (χ1n) is 8.96. The van der Waals surface area contributed by atoms with E-state index >= 15 is 0 Å². The zero-order chi connectivity index (χ0) is 18.4. The molecule has 1 fully saturated rings. The van der Waals surface area contributed by atoms with Gasteiger partial charge < -0.3 is 19.6 Å². The first-order chi connectivity index (χ1) is 12.6. The first-order valence-corrected chi connectivity index (χ1v) is 8.96. The van der Waals surface area contributed by atoms with E-state index in [0.29, 0.717) is 25.9 Å². The van der Waals surface area contributed by atoms with Gasteiger partial charge in [0, 0.05) is 19.5 Å². The molecular formula is C20H23N2NaO4. The van der Waals surface area contributed by atoms with E-state index in [2.05, 4.69) is 5.32 Å². The largest absolute Gasteiger partial charge is 1.00 e. The van der Waals surface area contributed by atoms with Crippen LogP contribution < -0.4 is 40.0 Å². The molecule has 1 N–H and O–H groups in total. The number of amides is 1. The molecule has 6 nitrogen and oxygen atoms in total. The molecule has 27 heavy (non-hydrogen) atoms. The van der Waals surface area contributed by atoms with Crippen molar-refractivity contribution in [3.63, 3.8) is 0 Å². The Hall–Kier alpha value is -1.60. The quantitative estimate of drug-likeness (QED) is 0.429. The average Bonchev–Trinajstić information content (AvgIpc) is 3.29. The number of carbonyl (C=O) groups excluding carboxylic acids is 2. The summed E-state index contributed by atoms with van der Waals surface area (Å²) in [6.07, 6.45) is 4.12. The number of aryl methyl sites for hydroxylation is 1. The number of carbonyl (C=O) groups is 2. The normalized spacial score (nSPS) is 19.4. The van der Waals surface area contributed by atoms with Crippen LogP contribution in [0.1, 0.15) is 30.6 Å². The second-order valence-electron chi connectivity index (χ2n) is 6.56. The predicted molar refractivity (Wildman–Crippen MR) is 93.8 cm³/mol. The number of aliphatic carboxylic acids is 1. The van der Waals surface area contributed by atoms with Gasteiger partial charge in [0.05, 0.1) is 24.3 Å². The van der Waals surface area contributed by atoms with E-state index in [9.17, 15) is 14.7 Å². The van der Waals surface area contributed by atoms with Crippen molar-refractivity contribution in [3.05, 3.63) is 60.1 Å². The van der Waals surface area contributed by atoms with Crippen molar-refractivity contribution in [1.82, 2.24) is 10.2 Å². The number of carboxylic acids is 1. The maximum Gasteiger partial charge on any atom is 1.00 e. The second-order valence-corrected chi connectivity index (χ2v) is 6.56. The molecule has 1 aliphatic rings. The fraction of sp³-hybridized carbons (Fsp3) is 0.400. The van der Waals surface area contributed by atoms with Gasteiger partial charge in [0.25, 0.3) is 0 Å². The zero-order valence-corrected chi connectivity index (χ0v) is 17.6. The Kier molecular flexibility index (Phi) is 8.57. The average molecular weight is 378 g/mol. The van der Waals surface area contributed by atoms with Gasteiger partial charge in [-0.1, -0.05) is 30.3 Å². The van der Waals surface area contributed by atoms with E-state index in [1.165, 1.54) is 0 Å². The number of hydrogen-bond acceptors (Lipinski definition) is 5. The molecule has 0 aliphatic carbocycles. The Morgan fingerprint density at radius 2 is 1.85 bits per heavy atom. The number of carboxylic acid groups (broad SMARTS) is 1. The van der Waals surface area contributed by atoms with Crippen LogP contribution in [0.4, 0.5) is 0 Å². The Labute approximate surface area is 181 Å². The summed E-state index contributed by atoms with van der Waals surface area (Å²) in [5, 5.41) is 14.4. The third kappa shape index (κ3) is 5.94. The number of nitrogens with zero attached hydrogens (tertiary/aromatic N) is 1. The summed E-state index contributed by atoms with van der Waals surface area (Å²) in [5.41, 5.74) is 0.983. The fourth-order valence-corrected chi connectivity index (χ4v) is 3.46. The van der Waals surface area contributed by atoms with Crippen LogP contribution in [0.5, 0.6) is 0 Å². The third-order valence-corrected chi connectivity index (χ3v) is 4.78. The molecule has 1 saturated heterocycles. The number of furan rings is 1. The first kappa shape index (κ1) is 21.7. The minimum Gasteiger partial charge on any atom is -0.548 e. The molecule has 2 atom stereocenters. The molecule has 0 spiro atoms. The standard InChI is InChI=1S/C20H24N2O4.Na/c23-19(21-12-4-8-16-9-5-13-26-16)17-10-11-18(20(24)25)22(17)14-15-6-2-1-3-7-15;/h1-3,5-7,9,13,17-18H,4,8,10-12,14H2,(H,21,23)(H,24,25);/q;+1/p-1. The Morgan fingerprint density at radius 1 is 1.11 bits per heavy atom. The van der Waals surface area contributed by atoms with Gasteiger partial charge in [0.2, 0.25) is 5.91 Å². The summed E-state index contributed by atoms with van der Waals surface area (Å²) in [4.78, 5) is 25.8. The molecule has 2 heterocycles. The summed E-state index contributed by atoms with van der Waals surface area (Å²) in [5.74, 6) is -0.346. The van der Waals surface area contributed by atoms with Gasteiger partial charge in [0.1, 0.15) is 5.76 Å². The summed E-state index contributed by atoms with van der Waals surface area (Å²) < 4.78 is 5.27. The van der Waals surface area contributed by atoms with Crippen LogP contribution in [-0.4, -0.2) is 35.4 Å². The molecule has 1 aromatic heterocycles. The van der Waals surface area contributed by atoms with Gasteiger partial charge in [-0.05, 0) is 37.0 Å². The van der Waals surface area contributed by atoms with Crippen LogP contribution >= 0.6 is 0 Å². The maximum atomic E-state index is 12.6. The topological polar surface area (TPSA) is 85.6 Å². The van der Waals surface area contributed by atoms with Gasteiger partial charge in [0.15, 0.2) is 0 Å². The Balaban J connectivity index is 0.00000261. The fourth-order valence-electron chi connectivity index (χ4n) is 3.46. The van der Waals surface area contributed by atoms with Gasteiger partial charge in [-0.3, -0.25) is 9.69 Å². The summed E-state index contributed by atoms with van der Waals surface area (Å²) in [6, 6.07) is 12.2. The van der Waals surface area contributed by atoms with Crippen molar-refractivity contribution in [3.8, 4) is 0 Å². The van der Waals surface area contributed by atoms with Crippen molar-refractivity contribution in [2.45, 2.75) is 44.3 Å². The number of nitrogens with one attached hydrogen (secondary N) is 1. The third-order valence-electron chi connectivity index (χ3n) is 4.78. The van der Waals surface area contributed by atoms with Crippen molar-refractivity contribution in [2.24, 2.45) is 0 Å². The predicted octanol–water partition coefficient (Wildman–Crippen LogP) is -1.88. The molecule has 0 saturated carbocycles. The van der Waals surface area contributed by atoms with Crippen molar-refractivity contribution >= 4 is 11.9 Å². The number of rotatable bonds is 8. The maximum absolute atomic E-state index is 12.6. The van der Waals surface area contributed by atoms with Crippen LogP contribution in [0.15, 0.2) is 53.1 Å². The number of benzene rings is 1. The van der Waals surface area contributed by atoms with E-state index < -0.39 is 18.1 Å². The molecule has 1 aromatic carbocycles. The van der Waals surface area contributed by atoms with Gasteiger partial charge in [-0.25, -0.2) is 0 Å². The molecule has 1 amide bonds. The minimum absolute atomic E-state index is 0. The van der Waals surface area contributed by atoms with E-state index in [1.54, 1.807) is 11.2 Å². The van der Waals surface area contributed by atoms with E-state index in [0.717, 1.165) is 24.2 Å². The van der Waals surface area contributed by atoms with Crippen molar-refractivity contribution < 1.29 is 48.7 Å². The summed E-state index contributed by atoms with van der Waals surface area (Å²) in [7, 11) is 0. The van der Waals surface area contributed by atoms with Gasteiger partial charge in [-0.15, -0.1) is 0 Å². The molecule has 3 rings (SSSR count). The molecule has 2 unspecified atom stereocenters. The van der Waals surface area contributed by atoms with Gasteiger partial charge >= 0.3 is 29.6 Å². The molecule has 0 bridgehead atoms. The zero-order valence-electron chi connectivity index (χ0n) is 15.6. The van der Waals surface area contributed by atoms with Crippen molar-refractivity contribution in [2.75, 3.05) is 6.54 Å². The van der Waals surface area contributed by atoms with Crippen LogP contribution in [0.25, 0.3) is 0 Å². The smallest absolute Gasteiger partial charge is 0.548 e. The Morgan fingerprint density at radius 3 is 2.52 bits per heavy atom. The second kappa shape index (κ2) is 10.7. The van der Waals surface area contributed by atoms with Crippen LogP contribution in [0, 0.1) is 0 Å². The number of hydrogen-bond donors (Lipinski definition) is 1. The van der Waals surface area contributed by atoms with Crippen LogP contribution in [-0.2, 0) is 22.6 Å². The molecule has 138 valence electrons. The molecule has 1 aliphatic heterocycles. The SMILES string of the molecule is O=C([O-])C1CCC(C(=O)NCCCc2ccco2)N1Cc1ccccc1.[Na+]. The van der Waals surface area contributed by atoms with E-state index in [4.69, 9.17) is 4.42 Å². The molecule has 2 aromatic rings. The van der Waals surface area contributed by atoms with Gasteiger partial charge in [-0.2, -0.15) is 0 Å². The monoisotopic (exact) mass is 378 g/mol. The minimum atomic E-state index is -1.12. The summed E-state index contributed by atoms with van der Waals surface area (Å²) >= 11 is 0. The van der Waals surface area contributed by atoms with E-state index in [1.807, 2.05) is 42.5 Å². The van der Waals surface area contributed by atoms with Crippen molar-refractivity contribution in [1.29, 1.82) is 0 Å². The molecular weight excluding hydrogens is 355 g/mol. The Bertz CT molecular complexity index is 721. The van der Waals surface area contributed by atoms with E-state index in [-0.39, 0.29) is 35.5 Å². The van der Waals surface area contributed by atoms with Crippen LogP contribution in [0.3, 0.4) is 0 Å². The molecule has 7 heteroatoms. The number of likely N-dealkylation sites (tertiary alicyclic amines) is 1.